The maximum Gasteiger partial charge on any atom is 0.417 e. The number of nitrogens with two attached hydrogens (primary N) is 1. The Morgan fingerprint density at radius 2 is 1.84 bits per heavy atom. The lowest BCUT2D eigenvalue weighted by molar-refractivity contribution is -0.137. The van der Waals surface area contributed by atoms with Crippen molar-refractivity contribution in [1.29, 1.82) is 0 Å². The smallest absolute Gasteiger partial charge is 0.398 e. The van der Waals surface area contributed by atoms with Crippen LogP contribution >= 0.6 is 0 Å². The number of benzene rings is 1. The molecule has 0 fully saturated rings. The molecule has 0 saturated heterocycles. The molecule has 1 aromatic heterocycles. The second kappa shape index (κ2) is 4.72. The molecule has 0 aliphatic heterocycles. The molecule has 3 nitrogen and oxygen atoms in total. The van der Waals surface area contributed by atoms with Gasteiger partial charge in [-0.1, -0.05) is 12.1 Å². The lowest BCUT2D eigenvalue weighted by Crippen LogP contribution is -2.16. The molecule has 0 amide bonds. The number of aromatic nitrogens is 1. The first-order chi connectivity index (χ1) is 8.91. The summed E-state index contributed by atoms with van der Waals surface area (Å²) in [5.74, 6) is -0.842. The summed E-state index contributed by atoms with van der Waals surface area (Å²) in [5, 5.41) is 0. The summed E-state index contributed by atoms with van der Waals surface area (Å²) in [5.41, 5.74) is 3.60. The van der Waals surface area contributed by atoms with Gasteiger partial charge < -0.3 is 5.73 Å². The van der Waals surface area contributed by atoms with Gasteiger partial charge in [0.15, 0.2) is 0 Å². The Morgan fingerprint density at radius 3 is 2.42 bits per heavy atom. The first-order valence-electron chi connectivity index (χ1n) is 5.32. The van der Waals surface area contributed by atoms with E-state index in [4.69, 9.17) is 5.73 Å². The third-order valence-corrected chi connectivity index (χ3v) is 2.53. The van der Waals surface area contributed by atoms with E-state index in [0.29, 0.717) is 0 Å². The molecule has 0 aliphatic rings. The van der Waals surface area contributed by atoms with Crippen molar-refractivity contribution in [2.45, 2.75) is 6.18 Å². The molecule has 1 aromatic carbocycles. The van der Waals surface area contributed by atoms with Gasteiger partial charge >= 0.3 is 6.18 Å². The van der Waals surface area contributed by atoms with Crippen molar-refractivity contribution in [3.05, 3.63) is 59.4 Å². The lowest BCUT2D eigenvalue weighted by Gasteiger charge is -2.13. The Bertz CT molecular complexity index is 609. The quantitative estimate of drug-likeness (QED) is 0.671. The average Bonchev–Trinajstić information content (AvgIpc) is 2.37. The first-order valence-corrected chi connectivity index (χ1v) is 5.32. The fourth-order valence-electron chi connectivity index (χ4n) is 1.68. The summed E-state index contributed by atoms with van der Waals surface area (Å²) in [7, 11) is 0. The molecule has 0 aliphatic carbocycles. The normalized spacial score (nSPS) is 11.3. The number of carbonyl (C=O) groups excluding carboxylic acids is 1. The number of anilines is 1. The monoisotopic (exact) mass is 266 g/mol. The van der Waals surface area contributed by atoms with Crippen LogP contribution in [0.3, 0.4) is 0 Å². The number of pyridine rings is 1. The highest BCUT2D eigenvalue weighted by molar-refractivity contribution is 6.12. The van der Waals surface area contributed by atoms with E-state index in [1.807, 2.05) is 0 Å². The third kappa shape index (κ3) is 2.57. The highest BCUT2D eigenvalue weighted by Crippen LogP contribution is 2.35. The van der Waals surface area contributed by atoms with E-state index in [9.17, 15) is 18.0 Å². The molecule has 0 bridgehead atoms. The van der Waals surface area contributed by atoms with Gasteiger partial charge in [0.25, 0.3) is 0 Å². The Hall–Kier alpha value is -2.37. The molecule has 0 spiro atoms. The Morgan fingerprint density at radius 1 is 1.11 bits per heavy atom. The summed E-state index contributed by atoms with van der Waals surface area (Å²) in [4.78, 5) is 15.8. The molecular weight excluding hydrogens is 257 g/mol. The maximum atomic E-state index is 12.9. The molecule has 2 N–H and O–H groups in total. The zero-order chi connectivity index (χ0) is 14.0. The topological polar surface area (TPSA) is 56.0 Å². The second-order valence-electron chi connectivity index (χ2n) is 3.81. The summed E-state index contributed by atoms with van der Waals surface area (Å²) in [6.45, 7) is 0. The molecule has 2 rings (SSSR count). The van der Waals surface area contributed by atoms with Crippen LogP contribution in [0, 0.1) is 0 Å². The fraction of sp³-hybridized carbons (Fsp3) is 0.0769. The number of ketones is 1. The minimum atomic E-state index is -4.64. The fourth-order valence-corrected chi connectivity index (χ4v) is 1.68. The summed E-state index contributed by atoms with van der Waals surface area (Å²) >= 11 is 0. The minimum absolute atomic E-state index is 0.0779. The van der Waals surface area contributed by atoms with Crippen molar-refractivity contribution in [2.75, 3.05) is 5.73 Å². The zero-order valence-corrected chi connectivity index (χ0v) is 9.61. The third-order valence-electron chi connectivity index (χ3n) is 2.53. The molecule has 0 saturated carbocycles. The van der Waals surface area contributed by atoms with Crippen LogP contribution in [-0.4, -0.2) is 10.8 Å². The summed E-state index contributed by atoms with van der Waals surface area (Å²) in [6, 6.07) is 7.67. The summed E-state index contributed by atoms with van der Waals surface area (Å²) in [6.07, 6.45) is -3.31. The van der Waals surface area contributed by atoms with Crippen LogP contribution in [0.2, 0.25) is 0 Å². The standard InChI is InChI=1S/C13H9F3N2O/c14-13(15,16)8-4-3-5-9(17)11(8)12(19)10-6-1-2-7-18-10/h1-7H,17H2. The van der Waals surface area contributed by atoms with Gasteiger partial charge in [0.2, 0.25) is 5.78 Å². The molecular formula is C13H9F3N2O. The van der Waals surface area contributed by atoms with Gasteiger partial charge in [0.1, 0.15) is 5.69 Å². The van der Waals surface area contributed by atoms with Crippen LogP contribution < -0.4 is 5.73 Å². The van der Waals surface area contributed by atoms with Crippen molar-refractivity contribution in [3.63, 3.8) is 0 Å². The number of nitrogen functional groups attached to an aromatic ring is 1. The molecule has 0 radical (unpaired) electrons. The number of alkyl halides is 3. The Kier molecular flexibility index (Phi) is 3.25. The van der Waals surface area contributed by atoms with Gasteiger partial charge in [0.05, 0.1) is 11.1 Å². The van der Waals surface area contributed by atoms with Crippen LogP contribution in [0.5, 0.6) is 0 Å². The molecule has 2 aromatic rings. The number of halogens is 3. The van der Waals surface area contributed by atoms with Crippen LogP contribution in [0.25, 0.3) is 0 Å². The highest BCUT2D eigenvalue weighted by Gasteiger charge is 2.36. The number of hydrogen-bond acceptors (Lipinski definition) is 3. The molecule has 0 unspecified atom stereocenters. The van der Waals surface area contributed by atoms with Gasteiger partial charge in [-0.3, -0.25) is 9.78 Å². The van der Waals surface area contributed by atoms with Crippen molar-refractivity contribution >= 4 is 11.5 Å². The van der Waals surface area contributed by atoms with Gasteiger partial charge in [-0.25, -0.2) is 0 Å². The molecule has 98 valence electrons. The van der Waals surface area contributed by atoms with Gasteiger partial charge in [-0.15, -0.1) is 0 Å². The second-order valence-corrected chi connectivity index (χ2v) is 3.81. The molecule has 6 heteroatoms. The van der Waals surface area contributed by atoms with Gasteiger partial charge in [0, 0.05) is 11.9 Å². The van der Waals surface area contributed by atoms with E-state index in [0.717, 1.165) is 12.1 Å². The van der Waals surface area contributed by atoms with Crippen molar-refractivity contribution in [1.82, 2.24) is 4.98 Å². The van der Waals surface area contributed by atoms with E-state index in [1.165, 1.54) is 24.4 Å². The highest BCUT2D eigenvalue weighted by atomic mass is 19.4. The Labute approximate surface area is 106 Å². The molecule has 0 atom stereocenters. The Balaban J connectivity index is 2.60. The number of carbonyl (C=O) groups is 1. The largest absolute Gasteiger partial charge is 0.417 e. The average molecular weight is 266 g/mol. The van der Waals surface area contributed by atoms with Crippen molar-refractivity contribution in [2.24, 2.45) is 0 Å². The van der Waals surface area contributed by atoms with Crippen LogP contribution in [0.4, 0.5) is 18.9 Å². The first kappa shape index (κ1) is 13.1. The minimum Gasteiger partial charge on any atom is -0.398 e. The maximum absolute atomic E-state index is 12.9. The van der Waals surface area contributed by atoms with E-state index in [-0.39, 0.29) is 11.4 Å². The molecule has 19 heavy (non-hydrogen) atoms. The predicted octanol–water partition coefficient (Wildman–Crippen LogP) is 2.91. The van der Waals surface area contributed by atoms with E-state index < -0.39 is 23.1 Å². The van der Waals surface area contributed by atoms with E-state index >= 15 is 0 Å². The molecule has 1 heterocycles. The van der Waals surface area contributed by atoms with Crippen molar-refractivity contribution < 1.29 is 18.0 Å². The van der Waals surface area contributed by atoms with Crippen LogP contribution in [0.15, 0.2) is 42.6 Å². The SMILES string of the molecule is Nc1cccc(C(F)(F)F)c1C(=O)c1ccccn1. The number of nitrogens with zero attached hydrogens (tertiary/aromatic N) is 1. The van der Waals surface area contributed by atoms with E-state index in [2.05, 4.69) is 4.98 Å². The summed E-state index contributed by atoms with van der Waals surface area (Å²) < 4.78 is 38.6. The van der Waals surface area contributed by atoms with Crippen molar-refractivity contribution in [3.8, 4) is 0 Å². The number of hydrogen-bond donors (Lipinski definition) is 1. The predicted molar refractivity (Wildman–Crippen MR) is 63.5 cm³/mol. The van der Waals surface area contributed by atoms with Crippen LogP contribution in [0.1, 0.15) is 21.6 Å². The van der Waals surface area contributed by atoms with Gasteiger partial charge in [-0.05, 0) is 24.3 Å². The lowest BCUT2D eigenvalue weighted by atomic mass is 9.99. The van der Waals surface area contributed by atoms with E-state index in [1.54, 1.807) is 6.07 Å². The zero-order valence-electron chi connectivity index (χ0n) is 9.61. The van der Waals surface area contributed by atoms with Crippen LogP contribution in [-0.2, 0) is 6.18 Å². The number of rotatable bonds is 2. The van der Waals surface area contributed by atoms with Gasteiger partial charge in [-0.2, -0.15) is 13.2 Å².